The summed E-state index contributed by atoms with van der Waals surface area (Å²) in [7, 11) is -4.07. The fraction of sp³-hybridized carbons (Fsp3) is 0.355. The van der Waals surface area contributed by atoms with E-state index in [1.54, 1.807) is 49.4 Å². The van der Waals surface area contributed by atoms with E-state index in [0.717, 1.165) is 46.7 Å². The van der Waals surface area contributed by atoms with Gasteiger partial charge in [0.05, 0.1) is 10.6 Å². The second kappa shape index (κ2) is 12.5. The van der Waals surface area contributed by atoms with Crippen LogP contribution in [0.2, 0.25) is 0 Å². The molecule has 0 heterocycles. The second-order valence-electron chi connectivity index (χ2n) is 10.3. The van der Waals surface area contributed by atoms with Crippen molar-refractivity contribution < 1.29 is 18.0 Å². The molecule has 0 saturated heterocycles. The average molecular weight is 548 g/mol. The summed E-state index contributed by atoms with van der Waals surface area (Å²) in [5.74, 6) is -0.681. The molecule has 0 spiro atoms. The number of hydrogen-bond donors (Lipinski definition) is 1. The van der Waals surface area contributed by atoms with Crippen molar-refractivity contribution in [3.8, 4) is 0 Å². The van der Waals surface area contributed by atoms with Crippen LogP contribution in [-0.4, -0.2) is 43.8 Å². The van der Waals surface area contributed by atoms with E-state index < -0.39 is 28.5 Å². The molecule has 2 amide bonds. The molecule has 0 aliphatic heterocycles. The van der Waals surface area contributed by atoms with Crippen LogP contribution in [0.5, 0.6) is 0 Å². The molecule has 3 aromatic carbocycles. The molecule has 0 bridgehead atoms. The molecule has 1 atom stereocenters. The van der Waals surface area contributed by atoms with Crippen molar-refractivity contribution in [1.82, 2.24) is 10.2 Å². The minimum atomic E-state index is -4.07. The van der Waals surface area contributed by atoms with E-state index in [9.17, 15) is 18.0 Å². The molecule has 1 aliphatic carbocycles. The average Bonchev–Trinajstić information content (AvgIpc) is 3.43. The van der Waals surface area contributed by atoms with Crippen molar-refractivity contribution in [2.75, 3.05) is 10.8 Å². The molecule has 0 unspecified atom stereocenters. The smallest absolute Gasteiger partial charge is 0.264 e. The number of benzene rings is 3. The number of aryl methyl sites for hydroxylation is 2. The van der Waals surface area contributed by atoms with Crippen LogP contribution in [-0.2, 0) is 26.2 Å². The highest BCUT2D eigenvalue weighted by Gasteiger charge is 2.33. The third-order valence-electron chi connectivity index (χ3n) is 7.24. The van der Waals surface area contributed by atoms with E-state index in [0.29, 0.717) is 5.69 Å². The van der Waals surface area contributed by atoms with Crippen LogP contribution in [0.4, 0.5) is 5.69 Å². The van der Waals surface area contributed by atoms with Crippen molar-refractivity contribution in [2.45, 2.75) is 70.0 Å². The normalized spacial score (nSPS) is 14.5. The Morgan fingerprint density at radius 3 is 2.21 bits per heavy atom. The van der Waals surface area contributed by atoms with Gasteiger partial charge in [-0.25, -0.2) is 8.42 Å². The first-order chi connectivity index (χ1) is 18.6. The molecule has 7 nitrogen and oxygen atoms in total. The highest BCUT2D eigenvalue weighted by molar-refractivity contribution is 7.92. The van der Waals surface area contributed by atoms with E-state index in [4.69, 9.17) is 0 Å². The Morgan fingerprint density at radius 1 is 0.897 bits per heavy atom. The highest BCUT2D eigenvalue weighted by Crippen LogP contribution is 2.26. The summed E-state index contributed by atoms with van der Waals surface area (Å²) in [5, 5.41) is 3.09. The van der Waals surface area contributed by atoms with Crippen molar-refractivity contribution >= 4 is 27.5 Å². The molecule has 3 aromatic rings. The molecule has 1 N–H and O–H groups in total. The molecular formula is C31H37N3O4S. The lowest BCUT2D eigenvalue weighted by Crippen LogP contribution is -2.52. The van der Waals surface area contributed by atoms with Crippen molar-refractivity contribution in [1.29, 1.82) is 0 Å². The third-order valence-corrected chi connectivity index (χ3v) is 9.03. The molecule has 206 valence electrons. The Morgan fingerprint density at radius 2 is 1.56 bits per heavy atom. The summed E-state index contributed by atoms with van der Waals surface area (Å²) in [6.07, 6.45) is 4.02. The van der Waals surface area contributed by atoms with E-state index in [-0.39, 0.29) is 23.4 Å². The first-order valence-electron chi connectivity index (χ1n) is 13.4. The number of nitrogens with zero attached hydrogens (tertiary/aromatic N) is 2. The zero-order valence-corrected chi connectivity index (χ0v) is 23.7. The summed E-state index contributed by atoms with van der Waals surface area (Å²) in [6.45, 7) is 5.21. The lowest BCUT2D eigenvalue weighted by Gasteiger charge is -2.32. The maximum absolute atomic E-state index is 14.0. The van der Waals surface area contributed by atoms with Gasteiger partial charge < -0.3 is 10.2 Å². The van der Waals surface area contributed by atoms with Gasteiger partial charge in [0, 0.05) is 12.6 Å². The van der Waals surface area contributed by atoms with Crippen molar-refractivity contribution in [3.05, 3.63) is 95.6 Å². The summed E-state index contributed by atoms with van der Waals surface area (Å²) in [5.41, 5.74) is 3.05. The lowest BCUT2D eigenvalue weighted by atomic mass is 10.1. The zero-order chi connectivity index (χ0) is 28.0. The van der Waals surface area contributed by atoms with E-state index in [1.165, 1.54) is 4.90 Å². The lowest BCUT2D eigenvalue weighted by molar-refractivity contribution is -0.139. The number of amides is 2. The van der Waals surface area contributed by atoms with Crippen LogP contribution in [0.25, 0.3) is 0 Å². The van der Waals surface area contributed by atoms with Gasteiger partial charge in [0.25, 0.3) is 10.0 Å². The predicted octanol–water partition coefficient (Wildman–Crippen LogP) is 4.97. The van der Waals surface area contributed by atoms with Crippen LogP contribution in [0, 0.1) is 13.8 Å². The van der Waals surface area contributed by atoms with Gasteiger partial charge in [-0.15, -0.1) is 0 Å². The third kappa shape index (κ3) is 7.06. The Kier molecular flexibility index (Phi) is 9.07. The quantitative estimate of drug-likeness (QED) is 0.388. The first kappa shape index (κ1) is 28.4. The molecule has 8 heteroatoms. The monoisotopic (exact) mass is 547 g/mol. The van der Waals surface area contributed by atoms with Gasteiger partial charge in [-0.05, 0) is 69.0 Å². The predicted molar refractivity (Wildman–Crippen MR) is 154 cm³/mol. The van der Waals surface area contributed by atoms with Crippen molar-refractivity contribution in [2.24, 2.45) is 0 Å². The van der Waals surface area contributed by atoms with Crippen LogP contribution in [0.3, 0.4) is 0 Å². The van der Waals surface area contributed by atoms with Gasteiger partial charge in [0.1, 0.15) is 12.6 Å². The number of sulfonamides is 1. The number of hydrogen-bond acceptors (Lipinski definition) is 4. The molecule has 1 aliphatic rings. The van der Waals surface area contributed by atoms with Gasteiger partial charge in [0.15, 0.2) is 0 Å². The molecular weight excluding hydrogens is 510 g/mol. The summed E-state index contributed by atoms with van der Waals surface area (Å²) in [4.78, 5) is 28.8. The Bertz CT molecular complexity index is 1380. The highest BCUT2D eigenvalue weighted by atomic mass is 32.2. The SMILES string of the molecule is Cc1ccc(S(=O)(=O)N(CC(=O)N(Cc2ccccc2)[C@@H](C)C(=O)NC2CCCC2)c2cccc(C)c2)cc1. The second-order valence-corrected chi connectivity index (χ2v) is 12.2. The molecule has 1 fully saturated rings. The molecule has 0 aromatic heterocycles. The number of nitrogens with one attached hydrogen (secondary N) is 1. The van der Waals surface area contributed by atoms with Crippen LogP contribution in [0.1, 0.15) is 49.3 Å². The Labute approximate surface area is 231 Å². The molecule has 39 heavy (non-hydrogen) atoms. The van der Waals surface area contributed by atoms with E-state index in [1.807, 2.05) is 50.2 Å². The Balaban J connectivity index is 1.67. The fourth-order valence-corrected chi connectivity index (χ4v) is 6.31. The molecule has 4 rings (SSSR count). The molecule has 0 radical (unpaired) electrons. The van der Waals surface area contributed by atoms with Gasteiger partial charge in [-0.2, -0.15) is 0 Å². The minimum absolute atomic E-state index is 0.101. The topological polar surface area (TPSA) is 86.8 Å². The zero-order valence-electron chi connectivity index (χ0n) is 22.8. The number of rotatable bonds is 10. The van der Waals surface area contributed by atoms with Gasteiger partial charge in [-0.3, -0.25) is 13.9 Å². The standard InChI is InChI=1S/C31H37N3O4S/c1-23-16-18-29(19-17-23)39(37,38)34(28-15-9-10-24(2)20-28)22-30(35)33(21-26-11-5-4-6-12-26)25(3)31(36)32-27-13-7-8-14-27/h4-6,9-12,15-20,25,27H,7-8,13-14,21-22H2,1-3H3,(H,32,36)/t25-/m0/s1. The van der Waals surface area contributed by atoms with Gasteiger partial charge in [-0.1, -0.05) is 73.0 Å². The van der Waals surface area contributed by atoms with E-state index in [2.05, 4.69) is 5.32 Å². The van der Waals surface area contributed by atoms with Gasteiger partial charge in [0.2, 0.25) is 11.8 Å². The summed E-state index contributed by atoms with van der Waals surface area (Å²) < 4.78 is 28.9. The maximum Gasteiger partial charge on any atom is 0.264 e. The number of carbonyl (C=O) groups is 2. The van der Waals surface area contributed by atoms with Gasteiger partial charge >= 0.3 is 0 Å². The minimum Gasteiger partial charge on any atom is -0.352 e. The summed E-state index contributed by atoms with van der Waals surface area (Å²) >= 11 is 0. The first-order valence-corrected chi connectivity index (χ1v) is 14.9. The fourth-order valence-electron chi connectivity index (χ4n) is 4.90. The largest absolute Gasteiger partial charge is 0.352 e. The van der Waals surface area contributed by atoms with Crippen LogP contribution < -0.4 is 9.62 Å². The number of anilines is 1. The van der Waals surface area contributed by atoms with Crippen molar-refractivity contribution in [3.63, 3.8) is 0 Å². The Hall–Kier alpha value is -3.65. The van der Waals surface area contributed by atoms with Crippen LogP contribution >= 0.6 is 0 Å². The molecule has 1 saturated carbocycles. The van der Waals surface area contributed by atoms with Crippen LogP contribution in [0.15, 0.2) is 83.8 Å². The maximum atomic E-state index is 14.0. The van der Waals surface area contributed by atoms with E-state index >= 15 is 0 Å². The summed E-state index contributed by atoms with van der Waals surface area (Å²) in [6, 6.07) is 22.4. The number of carbonyl (C=O) groups excluding carboxylic acids is 2.